The van der Waals surface area contributed by atoms with Crippen molar-refractivity contribution >= 4 is 15.7 Å². The molecule has 0 bridgehead atoms. The van der Waals surface area contributed by atoms with Gasteiger partial charge in [-0.15, -0.1) is 0 Å². The quantitative estimate of drug-likeness (QED) is 0.589. The van der Waals surface area contributed by atoms with Crippen LogP contribution < -0.4 is 0 Å². The molecule has 0 unspecified atom stereocenters. The molecule has 2 aromatic rings. The topological polar surface area (TPSA) is 93.4 Å². The van der Waals surface area contributed by atoms with E-state index < -0.39 is 20.8 Å². The first kappa shape index (κ1) is 16.5. The zero-order valence-electron chi connectivity index (χ0n) is 12.5. The van der Waals surface area contributed by atoms with Crippen molar-refractivity contribution in [1.82, 2.24) is 9.29 Å². The molecule has 0 spiro atoms. The molecule has 0 aliphatic heterocycles. The molecular weight excluding hydrogens is 337 g/mol. The first-order chi connectivity index (χ1) is 11.4. The van der Waals surface area contributed by atoms with E-state index in [0.717, 1.165) is 18.2 Å². The molecule has 7 nitrogen and oxygen atoms in total. The number of pyridine rings is 1. The number of benzene rings is 1. The molecule has 1 aliphatic rings. The molecule has 1 saturated carbocycles. The van der Waals surface area contributed by atoms with Crippen LogP contribution in [0.25, 0.3) is 0 Å². The average Bonchev–Trinajstić information content (AvgIpc) is 3.37. The van der Waals surface area contributed by atoms with Gasteiger partial charge in [0.15, 0.2) is 0 Å². The Morgan fingerprint density at radius 1 is 1.33 bits per heavy atom. The monoisotopic (exact) mass is 351 g/mol. The van der Waals surface area contributed by atoms with Crippen LogP contribution in [0.3, 0.4) is 0 Å². The summed E-state index contributed by atoms with van der Waals surface area (Å²) in [7, 11) is -3.87. The third-order valence-electron chi connectivity index (χ3n) is 3.76. The molecule has 24 heavy (non-hydrogen) atoms. The Kier molecular flexibility index (Phi) is 4.29. The summed E-state index contributed by atoms with van der Waals surface area (Å²) in [4.78, 5) is 14.3. The fraction of sp³-hybridized carbons (Fsp3) is 0.267. The second-order valence-corrected chi connectivity index (χ2v) is 7.39. The molecule has 9 heteroatoms. The van der Waals surface area contributed by atoms with E-state index in [1.54, 1.807) is 0 Å². The number of nitrogens with zero attached hydrogens (tertiary/aromatic N) is 3. The molecular formula is C15H14FN3O4S. The summed E-state index contributed by atoms with van der Waals surface area (Å²) in [6.07, 6.45) is 4.02. The molecule has 0 amide bonds. The minimum atomic E-state index is -3.87. The van der Waals surface area contributed by atoms with Crippen molar-refractivity contribution in [3.05, 3.63) is 64.2 Å². The molecule has 1 aliphatic carbocycles. The number of nitro benzene ring substituents is 1. The minimum absolute atomic E-state index is 0.0101. The van der Waals surface area contributed by atoms with Gasteiger partial charge in [0.2, 0.25) is 10.0 Å². The summed E-state index contributed by atoms with van der Waals surface area (Å²) < 4.78 is 40.3. The van der Waals surface area contributed by atoms with Crippen molar-refractivity contribution in [3.8, 4) is 0 Å². The SMILES string of the molecule is O=[N+]([O-])c1ccc(F)cc1CN(C1CC1)S(=O)(=O)c1cccnc1. The van der Waals surface area contributed by atoms with Crippen molar-refractivity contribution in [1.29, 1.82) is 0 Å². The number of aromatic nitrogens is 1. The predicted molar refractivity (Wildman–Crippen MR) is 83.0 cm³/mol. The van der Waals surface area contributed by atoms with Crippen LogP contribution in [0.15, 0.2) is 47.6 Å². The van der Waals surface area contributed by atoms with Gasteiger partial charge in [-0.05, 0) is 37.1 Å². The van der Waals surface area contributed by atoms with E-state index >= 15 is 0 Å². The zero-order chi connectivity index (χ0) is 17.3. The van der Waals surface area contributed by atoms with Crippen LogP contribution >= 0.6 is 0 Å². The van der Waals surface area contributed by atoms with Gasteiger partial charge in [0.25, 0.3) is 5.69 Å². The Morgan fingerprint density at radius 2 is 2.08 bits per heavy atom. The van der Waals surface area contributed by atoms with Crippen molar-refractivity contribution in [2.45, 2.75) is 30.3 Å². The molecule has 0 radical (unpaired) electrons. The van der Waals surface area contributed by atoms with E-state index in [0.29, 0.717) is 12.8 Å². The van der Waals surface area contributed by atoms with E-state index in [9.17, 15) is 22.9 Å². The lowest BCUT2D eigenvalue weighted by Crippen LogP contribution is -2.33. The summed E-state index contributed by atoms with van der Waals surface area (Å²) in [6, 6.07) is 5.72. The van der Waals surface area contributed by atoms with E-state index in [1.165, 1.54) is 28.8 Å². The normalized spacial score (nSPS) is 14.8. The smallest absolute Gasteiger partial charge is 0.263 e. The number of hydrogen-bond donors (Lipinski definition) is 0. The lowest BCUT2D eigenvalue weighted by molar-refractivity contribution is -0.385. The maximum atomic E-state index is 13.5. The van der Waals surface area contributed by atoms with Gasteiger partial charge in [0, 0.05) is 36.6 Å². The molecule has 1 aromatic heterocycles. The largest absolute Gasteiger partial charge is 0.274 e. The van der Waals surface area contributed by atoms with Gasteiger partial charge in [-0.2, -0.15) is 4.31 Å². The fourth-order valence-corrected chi connectivity index (χ4v) is 4.06. The number of sulfonamides is 1. The highest BCUT2D eigenvalue weighted by atomic mass is 32.2. The Labute approximate surface area is 138 Å². The minimum Gasteiger partial charge on any atom is -0.263 e. The van der Waals surface area contributed by atoms with Gasteiger partial charge >= 0.3 is 0 Å². The molecule has 1 heterocycles. The predicted octanol–water partition coefficient (Wildman–Crippen LogP) is 2.48. The summed E-state index contributed by atoms with van der Waals surface area (Å²) in [6.45, 7) is -0.254. The van der Waals surface area contributed by atoms with E-state index in [1.807, 2.05) is 0 Å². The molecule has 0 atom stereocenters. The van der Waals surface area contributed by atoms with Crippen LogP contribution in [0.4, 0.5) is 10.1 Å². The summed E-state index contributed by atoms with van der Waals surface area (Å²) in [5, 5.41) is 11.1. The first-order valence-electron chi connectivity index (χ1n) is 7.24. The zero-order valence-corrected chi connectivity index (χ0v) is 13.3. The van der Waals surface area contributed by atoms with Gasteiger partial charge < -0.3 is 0 Å². The molecule has 1 fully saturated rings. The molecule has 1 aromatic carbocycles. The second kappa shape index (κ2) is 6.25. The van der Waals surface area contributed by atoms with Crippen LogP contribution in [-0.4, -0.2) is 28.7 Å². The Hall–Kier alpha value is -2.39. The van der Waals surface area contributed by atoms with Gasteiger partial charge in [-0.25, -0.2) is 12.8 Å². The Bertz CT molecular complexity index is 870. The first-order valence-corrected chi connectivity index (χ1v) is 8.68. The third kappa shape index (κ3) is 3.26. The lowest BCUT2D eigenvalue weighted by Gasteiger charge is -2.21. The van der Waals surface area contributed by atoms with Crippen LogP contribution in [0, 0.1) is 15.9 Å². The average molecular weight is 351 g/mol. The molecule has 0 N–H and O–H groups in total. The van der Waals surface area contributed by atoms with Crippen molar-refractivity contribution in [3.63, 3.8) is 0 Å². The number of rotatable bonds is 6. The molecule has 0 saturated heterocycles. The number of nitro groups is 1. The highest BCUT2D eigenvalue weighted by Crippen LogP contribution is 2.34. The Balaban J connectivity index is 2.00. The van der Waals surface area contributed by atoms with Crippen LogP contribution in [0.5, 0.6) is 0 Å². The maximum Gasteiger partial charge on any atom is 0.274 e. The maximum absolute atomic E-state index is 13.5. The molecule has 126 valence electrons. The van der Waals surface area contributed by atoms with Crippen LogP contribution in [-0.2, 0) is 16.6 Å². The van der Waals surface area contributed by atoms with Gasteiger partial charge in [0.05, 0.1) is 4.92 Å². The van der Waals surface area contributed by atoms with Crippen LogP contribution in [0.2, 0.25) is 0 Å². The summed E-state index contributed by atoms with van der Waals surface area (Å²) in [5.74, 6) is -0.648. The summed E-state index contributed by atoms with van der Waals surface area (Å²) >= 11 is 0. The van der Waals surface area contributed by atoms with Crippen molar-refractivity contribution in [2.75, 3.05) is 0 Å². The van der Waals surface area contributed by atoms with Gasteiger partial charge in [-0.3, -0.25) is 15.1 Å². The van der Waals surface area contributed by atoms with Crippen molar-refractivity contribution in [2.24, 2.45) is 0 Å². The van der Waals surface area contributed by atoms with Crippen molar-refractivity contribution < 1.29 is 17.7 Å². The fourth-order valence-electron chi connectivity index (χ4n) is 2.43. The third-order valence-corrected chi connectivity index (χ3v) is 5.64. The summed E-state index contributed by atoms with van der Waals surface area (Å²) in [5.41, 5.74) is -0.275. The highest BCUT2D eigenvalue weighted by Gasteiger charge is 2.39. The number of hydrogen-bond acceptors (Lipinski definition) is 5. The number of halogens is 1. The van der Waals surface area contributed by atoms with E-state index in [4.69, 9.17) is 0 Å². The van der Waals surface area contributed by atoms with Gasteiger partial charge in [-0.1, -0.05) is 0 Å². The van der Waals surface area contributed by atoms with Gasteiger partial charge in [0.1, 0.15) is 10.7 Å². The molecule has 3 rings (SSSR count). The second-order valence-electron chi connectivity index (χ2n) is 5.50. The van der Waals surface area contributed by atoms with E-state index in [-0.39, 0.29) is 28.7 Å². The van der Waals surface area contributed by atoms with E-state index in [2.05, 4.69) is 4.98 Å². The Morgan fingerprint density at radius 3 is 2.67 bits per heavy atom. The standard InChI is InChI=1S/C15H14FN3O4S/c16-12-3-6-15(19(20)21)11(8-12)10-18(13-4-5-13)24(22,23)14-2-1-7-17-9-14/h1-3,6-9,13H,4-5,10H2. The highest BCUT2D eigenvalue weighted by molar-refractivity contribution is 7.89. The lowest BCUT2D eigenvalue weighted by atomic mass is 10.1. The van der Waals surface area contributed by atoms with Crippen LogP contribution in [0.1, 0.15) is 18.4 Å².